The summed E-state index contributed by atoms with van der Waals surface area (Å²) in [6.45, 7) is 14.0. The van der Waals surface area contributed by atoms with Crippen molar-refractivity contribution in [3.05, 3.63) is 162 Å². The van der Waals surface area contributed by atoms with Gasteiger partial charge in [0.1, 0.15) is 0 Å². The fourth-order valence-electron chi connectivity index (χ4n) is 9.17. The Bertz CT molecular complexity index is 2520. The first-order chi connectivity index (χ1) is 24.7. The van der Waals surface area contributed by atoms with Gasteiger partial charge in [0.15, 0.2) is 0 Å². The number of para-hydroxylation sites is 2. The highest BCUT2D eigenvalue weighted by Gasteiger charge is 2.41. The number of anilines is 3. The molecule has 0 atom stereocenters. The normalized spacial score (nSPS) is 13.6. The average molecular weight is 660 g/mol. The number of rotatable bonds is 6. The SMILES string of the molecule is CCC1(CC)c2cc(-c3cc(C)c4ccc5cc(C(C)(C)C)cc6ccc3c4c56)ccc2-c2ccc(N(c3ccccc3)c3ccccc3)cc21. The lowest BCUT2D eigenvalue weighted by molar-refractivity contribution is 0.490. The van der Waals surface area contributed by atoms with E-state index in [0.717, 1.165) is 12.8 Å². The third-order valence-corrected chi connectivity index (χ3v) is 11.9. The van der Waals surface area contributed by atoms with Crippen molar-refractivity contribution in [2.45, 2.75) is 65.2 Å². The first kappa shape index (κ1) is 31.6. The molecule has 0 heterocycles. The largest absolute Gasteiger partial charge is 0.310 e. The minimum Gasteiger partial charge on any atom is -0.310 e. The van der Waals surface area contributed by atoms with Crippen LogP contribution in [0.25, 0.3) is 54.6 Å². The van der Waals surface area contributed by atoms with E-state index in [9.17, 15) is 0 Å². The van der Waals surface area contributed by atoms with Gasteiger partial charge < -0.3 is 4.90 Å². The number of hydrogen-bond donors (Lipinski definition) is 0. The monoisotopic (exact) mass is 659 g/mol. The van der Waals surface area contributed by atoms with Gasteiger partial charge in [-0.15, -0.1) is 0 Å². The molecule has 51 heavy (non-hydrogen) atoms. The Kier molecular flexibility index (Phi) is 7.16. The second kappa shape index (κ2) is 11.6. The van der Waals surface area contributed by atoms with Crippen LogP contribution in [0.5, 0.6) is 0 Å². The van der Waals surface area contributed by atoms with Crippen LogP contribution in [0.2, 0.25) is 0 Å². The van der Waals surface area contributed by atoms with E-state index >= 15 is 0 Å². The maximum atomic E-state index is 2.54. The van der Waals surface area contributed by atoms with Crippen LogP contribution in [0, 0.1) is 6.92 Å². The molecule has 0 bridgehead atoms. The topological polar surface area (TPSA) is 3.24 Å². The second-order valence-corrected chi connectivity index (χ2v) is 15.7. The lowest BCUT2D eigenvalue weighted by atomic mass is 9.73. The molecule has 0 saturated carbocycles. The zero-order valence-electron chi connectivity index (χ0n) is 30.6. The summed E-state index contributed by atoms with van der Waals surface area (Å²) in [5.74, 6) is 0. The fourth-order valence-corrected chi connectivity index (χ4v) is 9.17. The van der Waals surface area contributed by atoms with E-state index < -0.39 is 0 Å². The van der Waals surface area contributed by atoms with E-state index in [2.05, 4.69) is 186 Å². The summed E-state index contributed by atoms with van der Waals surface area (Å²) in [6.07, 6.45) is 2.08. The zero-order valence-corrected chi connectivity index (χ0v) is 30.6. The van der Waals surface area contributed by atoms with Gasteiger partial charge in [0.25, 0.3) is 0 Å². The van der Waals surface area contributed by atoms with Crippen LogP contribution < -0.4 is 4.90 Å². The van der Waals surface area contributed by atoms with Gasteiger partial charge in [-0.25, -0.2) is 0 Å². The van der Waals surface area contributed by atoms with Crippen molar-refractivity contribution in [1.29, 1.82) is 0 Å². The molecule has 0 saturated heterocycles. The van der Waals surface area contributed by atoms with Crippen molar-refractivity contribution in [2.75, 3.05) is 4.90 Å². The number of aryl methyl sites for hydroxylation is 1. The van der Waals surface area contributed by atoms with Crippen LogP contribution in [-0.4, -0.2) is 0 Å². The maximum absolute atomic E-state index is 2.54. The molecule has 0 amide bonds. The Morgan fingerprint density at radius 3 is 1.67 bits per heavy atom. The van der Waals surface area contributed by atoms with E-state index in [4.69, 9.17) is 0 Å². The Labute approximate surface area is 302 Å². The smallest absolute Gasteiger partial charge is 0.0465 e. The Morgan fingerprint density at radius 2 is 1.08 bits per heavy atom. The van der Waals surface area contributed by atoms with Gasteiger partial charge in [0.2, 0.25) is 0 Å². The highest BCUT2D eigenvalue weighted by molar-refractivity contribution is 6.26. The standard InChI is InChI=1S/C50H45N/c1-7-50(8-2)45-30-33(44-27-32(3)40-23-20-34-28-36(49(4,5)6)29-35-21-25-43(44)48(40)47(34)35)19-24-41(45)42-26-22-39(31-46(42)50)51(37-15-11-9-12-16-37)38-17-13-10-14-18-38/h9-31H,7-8H2,1-6H3. The van der Waals surface area contributed by atoms with E-state index in [-0.39, 0.29) is 10.8 Å². The zero-order chi connectivity index (χ0) is 35.1. The Hall–Kier alpha value is -5.40. The van der Waals surface area contributed by atoms with Gasteiger partial charge >= 0.3 is 0 Å². The first-order valence-corrected chi connectivity index (χ1v) is 18.6. The predicted molar refractivity (Wildman–Crippen MR) is 220 cm³/mol. The summed E-state index contributed by atoms with van der Waals surface area (Å²) in [6, 6.07) is 52.7. The van der Waals surface area contributed by atoms with Gasteiger partial charge in [-0.3, -0.25) is 0 Å². The molecule has 250 valence electrons. The molecule has 1 aliphatic rings. The van der Waals surface area contributed by atoms with Crippen LogP contribution in [-0.2, 0) is 10.8 Å². The summed E-state index contributed by atoms with van der Waals surface area (Å²) in [5.41, 5.74) is 14.5. The van der Waals surface area contributed by atoms with Crippen LogP contribution in [0.3, 0.4) is 0 Å². The summed E-state index contributed by atoms with van der Waals surface area (Å²) in [4.78, 5) is 2.39. The van der Waals surface area contributed by atoms with Gasteiger partial charge in [-0.2, -0.15) is 0 Å². The molecular weight excluding hydrogens is 615 g/mol. The quantitative estimate of drug-likeness (QED) is 0.161. The fraction of sp³-hybridized carbons (Fsp3) is 0.200. The van der Waals surface area contributed by atoms with E-state index in [1.54, 1.807) is 0 Å². The summed E-state index contributed by atoms with van der Waals surface area (Å²) in [7, 11) is 0. The van der Waals surface area contributed by atoms with Crippen molar-refractivity contribution in [1.82, 2.24) is 0 Å². The molecule has 1 aliphatic carbocycles. The van der Waals surface area contributed by atoms with Crippen molar-refractivity contribution in [3.63, 3.8) is 0 Å². The van der Waals surface area contributed by atoms with E-state index in [1.807, 2.05) is 0 Å². The second-order valence-electron chi connectivity index (χ2n) is 15.7. The van der Waals surface area contributed by atoms with Crippen LogP contribution >= 0.6 is 0 Å². The number of nitrogens with zero attached hydrogens (tertiary/aromatic N) is 1. The molecule has 0 aliphatic heterocycles. The molecule has 8 aromatic rings. The Morgan fingerprint density at radius 1 is 0.510 bits per heavy atom. The van der Waals surface area contributed by atoms with Crippen molar-refractivity contribution in [3.8, 4) is 22.3 Å². The Balaban J connectivity index is 1.22. The lowest BCUT2D eigenvalue weighted by Gasteiger charge is -2.32. The molecule has 0 unspecified atom stereocenters. The van der Waals surface area contributed by atoms with Gasteiger partial charge in [-0.05, 0) is 144 Å². The molecule has 0 aromatic heterocycles. The number of hydrogen-bond acceptors (Lipinski definition) is 1. The molecule has 0 fully saturated rings. The lowest BCUT2D eigenvalue weighted by Crippen LogP contribution is -2.23. The summed E-state index contributed by atoms with van der Waals surface area (Å²) < 4.78 is 0. The van der Waals surface area contributed by atoms with Gasteiger partial charge in [0.05, 0.1) is 0 Å². The maximum Gasteiger partial charge on any atom is 0.0465 e. The summed E-state index contributed by atoms with van der Waals surface area (Å²) in [5, 5.41) is 8.16. The number of fused-ring (bicyclic) bond motifs is 3. The highest BCUT2D eigenvalue weighted by atomic mass is 15.1. The average Bonchev–Trinajstić information content (AvgIpc) is 3.43. The van der Waals surface area contributed by atoms with E-state index in [1.165, 1.54) is 93.9 Å². The molecule has 8 aromatic carbocycles. The van der Waals surface area contributed by atoms with Gasteiger partial charge in [-0.1, -0.05) is 132 Å². The number of benzene rings is 8. The molecule has 1 heteroatoms. The van der Waals surface area contributed by atoms with Crippen molar-refractivity contribution < 1.29 is 0 Å². The predicted octanol–water partition coefficient (Wildman–Crippen LogP) is 14.4. The van der Waals surface area contributed by atoms with Gasteiger partial charge in [0, 0.05) is 22.5 Å². The van der Waals surface area contributed by atoms with Crippen LogP contribution in [0.1, 0.15) is 69.7 Å². The summed E-state index contributed by atoms with van der Waals surface area (Å²) >= 11 is 0. The van der Waals surface area contributed by atoms with Crippen LogP contribution in [0.15, 0.2) is 140 Å². The third kappa shape index (κ3) is 4.75. The van der Waals surface area contributed by atoms with E-state index in [0.29, 0.717) is 0 Å². The van der Waals surface area contributed by atoms with Crippen molar-refractivity contribution in [2.24, 2.45) is 0 Å². The molecule has 0 N–H and O–H groups in total. The molecular formula is C50H45N. The molecule has 0 spiro atoms. The minimum absolute atomic E-state index is 0.0715. The van der Waals surface area contributed by atoms with Crippen LogP contribution in [0.4, 0.5) is 17.1 Å². The molecule has 9 rings (SSSR count). The third-order valence-electron chi connectivity index (χ3n) is 11.9. The highest BCUT2D eigenvalue weighted by Crippen LogP contribution is 2.55. The molecule has 0 radical (unpaired) electrons. The van der Waals surface area contributed by atoms with Crippen molar-refractivity contribution >= 4 is 49.4 Å². The first-order valence-electron chi connectivity index (χ1n) is 18.6. The minimum atomic E-state index is -0.0715. The molecule has 1 nitrogen and oxygen atoms in total.